The molecule has 0 aliphatic carbocycles. The van der Waals surface area contributed by atoms with Crippen molar-refractivity contribution in [2.45, 2.75) is 31.1 Å². The van der Waals surface area contributed by atoms with Gasteiger partial charge in [-0.15, -0.1) is 0 Å². The molecule has 0 saturated carbocycles. The van der Waals surface area contributed by atoms with E-state index in [1.807, 2.05) is 6.92 Å². The van der Waals surface area contributed by atoms with Crippen molar-refractivity contribution in [3.8, 4) is 0 Å². The van der Waals surface area contributed by atoms with Gasteiger partial charge in [0.1, 0.15) is 0 Å². The molecule has 1 atom stereocenters. The highest BCUT2D eigenvalue weighted by molar-refractivity contribution is 7.91. The van der Waals surface area contributed by atoms with Crippen LogP contribution in [0.5, 0.6) is 0 Å². The van der Waals surface area contributed by atoms with E-state index in [2.05, 4.69) is 4.74 Å². The summed E-state index contributed by atoms with van der Waals surface area (Å²) in [4.78, 5) is 10.9. The molecule has 0 bridgehead atoms. The van der Waals surface area contributed by atoms with Crippen molar-refractivity contribution >= 4 is 15.8 Å². The number of hydrogen-bond acceptors (Lipinski definition) is 4. The molecule has 4 nitrogen and oxygen atoms in total. The predicted octanol–water partition coefficient (Wildman–Crippen LogP) is 1.68. The van der Waals surface area contributed by atoms with E-state index in [9.17, 15) is 13.2 Å². The molecule has 1 rings (SSSR count). The first-order valence-corrected chi connectivity index (χ1v) is 6.36. The van der Waals surface area contributed by atoms with E-state index in [1.165, 1.54) is 26.0 Å². The maximum Gasteiger partial charge on any atom is 0.303 e. The average molecular weight is 242 g/mol. The van der Waals surface area contributed by atoms with Crippen LogP contribution in [-0.4, -0.2) is 19.8 Å². The largest absolute Gasteiger partial charge is 0.446 e. The summed E-state index contributed by atoms with van der Waals surface area (Å²) < 4.78 is 28.5. The summed E-state index contributed by atoms with van der Waals surface area (Å²) in [5.41, 5.74) is -0.188. The van der Waals surface area contributed by atoms with Gasteiger partial charge in [-0.1, -0.05) is 17.7 Å². The molecule has 0 radical (unpaired) electrons. The fraction of sp³-hybridized carbons (Fsp3) is 0.364. The Kier molecular flexibility index (Phi) is 3.70. The van der Waals surface area contributed by atoms with Gasteiger partial charge in [-0.05, 0) is 26.0 Å². The van der Waals surface area contributed by atoms with Gasteiger partial charge in [-0.3, -0.25) is 4.79 Å². The van der Waals surface area contributed by atoms with Crippen LogP contribution in [0, 0.1) is 6.92 Å². The molecule has 0 fully saturated rings. The number of aryl methyl sites for hydroxylation is 1. The van der Waals surface area contributed by atoms with Crippen LogP contribution in [0.25, 0.3) is 0 Å². The Balaban J connectivity index is 3.02. The number of esters is 1. The smallest absolute Gasteiger partial charge is 0.303 e. The zero-order valence-corrected chi connectivity index (χ0v) is 10.2. The molecule has 5 heteroatoms. The monoisotopic (exact) mass is 242 g/mol. The standard InChI is InChI=1S/C11H14O4S/c1-8-4-6-11(7-5-8)16(13,14)10(3)15-9(2)12/h4-7,10H,1-3H3. The van der Waals surface area contributed by atoms with Gasteiger partial charge in [0, 0.05) is 6.92 Å². The Morgan fingerprint density at radius 2 is 1.75 bits per heavy atom. The molecule has 0 saturated heterocycles. The van der Waals surface area contributed by atoms with Crippen LogP contribution in [0.1, 0.15) is 19.4 Å². The second-order valence-corrected chi connectivity index (χ2v) is 5.76. The van der Waals surface area contributed by atoms with Crippen LogP contribution >= 0.6 is 0 Å². The molecule has 0 spiro atoms. The zero-order chi connectivity index (χ0) is 12.3. The van der Waals surface area contributed by atoms with Crippen LogP contribution in [0.3, 0.4) is 0 Å². The van der Waals surface area contributed by atoms with E-state index in [0.717, 1.165) is 5.56 Å². The molecule has 1 unspecified atom stereocenters. The Morgan fingerprint density at radius 3 is 2.19 bits per heavy atom. The average Bonchev–Trinajstić information content (AvgIpc) is 2.17. The maximum absolute atomic E-state index is 11.9. The van der Waals surface area contributed by atoms with Crippen LogP contribution < -0.4 is 0 Å². The molecule has 0 aromatic heterocycles. The molecule has 0 aliphatic rings. The van der Waals surface area contributed by atoms with Gasteiger partial charge in [0.2, 0.25) is 15.3 Å². The summed E-state index contributed by atoms with van der Waals surface area (Å²) in [6.45, 7) is 4.39. The Hall–Kier alpha value is -1.36. The Morgan fingerprint density at radius 1 is 1.25 bits per heavy atom. The summed E-state index contributed by atoms with van der Waals surface area (Å²) in [6.07, 6.45) is 0. The first kappa shape index (κ1) is 12.7. The number of ether oxygens (including phenoxy) is 1. The lowest BCUT2D eigenvalue weighted by molar-refractivity contribution is -0.142. The van der Waals surface area contributed by atoms with Crippen LogP contribution in [-0.2, 0) is 19.4 Å². The zero-order valence-electron chi connectivity index (χ0n) is 9.43. The third-order valence-electron chi connectivity index (χ3n) is 2.12. The van der Waals surface area contributed by atoms with Crippen molar-refractivity contribution in [1.82, 2.24) is 0 Å². The molecule has 88 valence electrons. The molecular formula is C11H14O4S. The van der Waals surface area contributed by atoms with Crippen LogP contribution in [0.2, 0.25) is 0 Å². The lowest BCUT2D eigenvalue weighted by Gasteiger charge is -2.12. The SMILES string of the molecule is CC(=O)OC(C)S(=O)(=O)c1ccc(C)cc1. The highest BCUT2D eigenvalue weighted by atomic mass is 32.2. The van der Waals surface area contributed by atoms with Crippen LogP contribution in [0.15, 0.2) is 29.2 Å². The summed E-state index contributed by atoms with van der Waals surface area (Å²) in [6, 6.07) is 6.41. The van der Waals surface area contributed by atoms with Gasteiger partial charge < -0.3 is 4.74 Å². The number of carbonyl (C=O) groups is 1. The number of sulfone groups is 1. The number of hydrogen-bond donors (Lipinski definition) is 0. The Bertz CT molecular complexity index is 473. The predicted molar refractivity (Wildman–Crippen MR) is 59.6 cm³/mol. The van der Waals surface area contributed by atoms with Gasteiger partial charge in [0.15, 0.2) is 0 Å². The van der Waals surface area contributed by atoms with Crippen molar-refractivity contribution in [3.05, 3.63) is 29.8 Å². The van der Waals surface area contributed by atoms with Crippen molar-refractivity contribution in [2.24, 2.45) is 0 Å². The van der Waals surface area contributed by atoms with Gasteiger partial charge >= 0.3 is 5.97 Å². The van der Waals surface area contributed by atoms with E-state index in [4.69, 9.17) is 0 Å². The highest BCUT2D eigenvalue weighted by Gasteiger charge is 2.25. The lowest BCUT2D eigenvalue weighted by atomic mass is 10.2. The quantitative estimate of drug-likeness (QED) is 0.756. The highest BCUT2D eigenvalue weighted by Crippen LogP contribution is 2.17. The molecule has 0 aliphatic heterocycles. The summed E-state index contributed by atoms with van der Waals surface area (Å²) >= 11 is 0. The summed E-state index contributed by atoms with van der Waals surface area (Å²) in [5.74, 6) is -0.608. The minimum Gasteiger partial charge on any atom is -0.446 e. The number of benzene rings is 1. The summed E-state index contributed by atoms with van der Waals surface area (Å²) in [5, 5.41) is 0. The van der Waals surface area contributed by atoms with Crippen molar-refractivity contribution in [1.29, 1.82) is 0 Å². The van der Waals surface area contributed by atoms with E-state index in [-0.39, 0.29) is 4.90 Å². The van der Waals surface area contributed by atoms with E-state index in [1.54, 1.807) is 12.1 Å². The molecule has 0 N–H and O–H groups in total. The Labute approximate surface area is 95.2 Å². The molecular weight excluding hydrogens is 228 g/mol. The second-order valence-electron chi connectivity index (χ2n) is 3.54. The van der Waals surface area contributed by atoms with Gasteiger partial charge in [-0.25, -0.2) is 8.42 Å². The second kappa shape index (κ2) is 4.65. The normalized spacial score (nSPS) is 13.2. The van der Waals surface area contributed by atoms with Gasteiger partial charge in [0.05, 0.1) is 4.90 Å². The van der Waals surface area contributed by atoms with Gasteiger partial charge in [-0.2, -0.15) is 0 Å². The van der Waals surface area contributed by atoms with E-state index < -0.39 is 21.2 Å². The minimum atomic E-state index is -3.59. The maximum atomic E-state index is 11.9. The molecule has 1 aromatic carbocycles. The molecule has 0 heterocycles. The first-order chi connectivity index (χ1) is 7.34. The fourth-order valence-electron chi connectivity index (χ4n) is 1.22. The topological polar surface area (TPSA) is 60.4 Å². The van der Waals surface area contributed by atoms with E-state index >= 15 is 0 Å². The van der Waals surface area contributed by atoms with Crippen LogP contribution in [0.4, 0.5) is 0 Å². The lowest BCUT2D eigenvalue weighted by Crippen LogP contribution is -2.23. The number of rotatable bonds is 3. The fourth-order valence-corrected chi connectivity index (χ4v) is 2.38. The third kappa shape index (κ3) is 2.82. The van der Waals surface area contributed by atoms with Gasteiger partial charge in [0.25, 0.3) is 0 Å². The van der Waals surface area contributed by atoms with Crippen molar-refractivity contribution in [3.63, 3.8) is 0 Å². The molecule has 1 aromatic rings. The first-order valence-electron chi connectivity index (χ1n) is 4.82. The summed E-state index contributed by atoms with van der Waals surface area (Å²) in [7, 11) is -3.59. The minimum absolute atomic E-state index is 0.159. The molecule has 16 heavy (non-hydrogen) atoms. The van der Waals surface area contributed by atoms with Crippen molar-refractivity contribution < 1.29 is 17.9 Å². The number of carbonyl (C=O) groups excluding carboxylic acids is 1. The van der Waals surface area contributed by atoms with Crippen molar-refractivity contribution in [2.75, 3.05) is 0 Å². The molecule has 0 amide bonds. The third-order valence-corrected chi connectivity index (χ3v) is 4.02. The van der Waals surface area contributed by atoms with E-state index in [0.29, 0.717) is 0 Å².